The fourth-order valence-corrected chi connectivity index (χ4v) is 2.92. The summed E-state index contributed by atoms with van der Waals surface area (Å²) in [5, 5.41) is 9.10. The molecule has 0 unspecified atom stereocenters. The molecule has 3 rings (SSSR count). The fourth-order valence-electron chi connectivity index (χ4n) is 2.68. The number of carbonyl (C=O) groups excluding carboxylic acids is 2. The second kappa shape index (κ2) is 7.37. The number of anilines is 1. The zero-order valence-electron chi connectivity index (χ0n) is 13.4. The SMILES string of the molecule is N#Cc1ccc(OCC(=O)c2cccc(N3CCCC3=O)c2)c(Cl)c1. The van der Waals surface area contributed by atoms with E-state index in [-0.39, 0.29) is 23.3 Å². The van der Waals surface area contributed by atoms with Gasteiger partial charge in [0.2, 0.25) is 5.91 Å². The van der Waals surface area contributed by atoms with E-state index in [1.54, 1.807) is 35.2 Å². The van der Waals surface area contributed by atoms with Crippen LogP contribution in [-0.4, -0.2) is 24.8 Å². The molecule has 1 fully saturated rings. The van der Waals surface area contributed by atoms with Crippen LogP contribution in [-0.2, 0) is 4.79 Å². The molecule has 1 saturated heterocycles. The van der Waals surface area contributed by atoms with Gasteiger partial charge in [0, 0.05) is 24.2 Å². The topological polar surface area (TPSA) is 70.4 Å². The summed E-state index contributed by atoms with van der Waals surface area (Å²) in [6, 6.07) is 13.6. The number of amides is 1. The Bertz CT molecular complexity index is 873. The summed E-state index contributed by atoms with van der Waals surface area (Å²) in [7, 11) is 0. The van der Waals surface area contributed by atoms with E-state index in [2.05, 4.69) is 0 Å². The van der Waals surface area contributed by atoms with Gasteiger partial charge in [-0.25, -0.2) is 0 Å². The van der Waals surface area contributed by atoms with Crippen molar-refractivity contribution in [3.05, 3.63) is 58.6 Å². The van der Waals surface area contributed by atoms with Crippen LogP contribution in [0.5, 0.6) is 5.75 Å². The monoisotopic (exact) mass is 354 g/mol. The van der Waals surface area contributed by atoms with Crippen molar-refractivity contribution in [3.63, 3.8) is 0 Å². The zero-order valence-corrected chi connectivity index (χ0v) is 14.1. The molecule has 1 aliphatic rings. The van der Waals surface area contributed by atoms with Crippen LogP contribution < -0.4 is 9.64 Å². The molecule has 6 heteroatoms. The molecular weight excluding hydrogens is 340 g/mol. The second-order valence-electron chi connectivity index (χ2n) is 5.67. The van der Waals surface area contributed by atoms with Gasteiger partial charge in [-0.2, -0.15) is 5.26 Å². The van der Waals surface area contributed by atoms with Gasteiger partial charge in [-0.3, -0.25) is 9.59 Å². The number of carbonyl (C=O) groups is 2. The summed E-state index contributed by atoms with van der Waals surface area (Å²) in [5.41, 5.74) is 1.62. The lowest BCUT2D eigenvalue weighted by atomic mass is 10.1. The van der Waals surface area contributed by atoms with Gasteiger partial charge in [0.05, 0.1) is 16.7 Å². The Labute approximate surface area is 150 Å². The maximum absolute atomic E-state index is 12.4. The molecular formula is C19H15ClN2O3. The van der Waals surface area contributed by atoms with Gasteiger partial charge in [0.1, 0.15) is 5.75 Å². The lowest BCUT2D eigenvalue weighted by Gasteiger charge is -2.16. The molecule has 126 valence electrons. The summed E-state index contributed by atoms with van der Waals surface area (Å²) >= 11 is 6.03. The summed E-state index contributed by atoms with van der Waals surface area (Å²) in [4.78, 5) is 25.9. The predicted octanol–water partition coefficient (Wildman–Crippen LogP) is 3.60. The first kappa shape index (κ1) is 17.0. The molecule has 0 aromatic heterocycles. The number of ether oxygens (including phenoxy) is 1. The maximum atomic E-state index is 12.4. The summed E-state index contributed by atoms with van der Waals surface area (Å²) in [6.45, 7) is 0.497. The number of rotatable bonds is 5. The van der Waals surface area contributed by atoms with Crippen LogP contribution in [0.2, 0.25) is 5.02 Å². The van der Waals surface area contributed by atoms with Crippen LogP contribution in [0.3, 0.4) is 0 Å². The largest absolute Gasteiger partial charge is 0.484 e. The van der Waals surface area contributed by atoms with E-state index in [0.29, 0.717) is 29.8 Å². The number of Topliss-reactive ketones (excluding diaryl/α,β-unsaturated/α-hetero) is 1. The maximum Gasteiger partial charge on any atom is 0.227 e. The Morgan fingerprint density at radius 3 is 2.80 bits per heavy atom. The van der Waals surface area contributed by atoms with Crippen LogP contribution in [0.1, 0.15) is 28.8 Å². The van der Waals surface area contributed by atoms with Crippen molar-refractivity contribution >= 4 is 29.0 Å². The number of halogens is 1. The standard InChI is InChI=1S/C19H15ClN2O3/c20-16-9-13(11-21)6-7-18(16)25-12-17(23)14-3-1-4-15(10-14)22-8-2-5-19(22)24/h1,3-4,6-7,9-10H,2,5,8,12H2. The number of nitriles is 1. The van der Waals surface area contributed by atoms with Gasteiger partial charge in [0.25, 0.3) is 0 Å². The third kappa shape index (κ3) is 3.81. The number of hydrogen-bond donors (Lipinski definition) is 0. The smallest absolute Gasteiger partial charge is 0.227 e. The summed E-state index contributed by atoms with van der Waals surface area (Å²) in [6.07, 6.45) is 1.37. The van der Waals surface area contributed by atoms with Crippen molar-refractivity contribution in [3.8, 4) is 11.8 Å². The number of ketones is 1. The molecule has 0 saturated carbocycles. The van der Waals surface area contributed by atoms with E-state index in [9.17, 15) is 9.59 Å². The first-order valence-corrected chi connectivity index (χ1v) is 8.22. The third-order valence-corrected chi connectivity index (χ3v) is 4.27. The number of nitrogens with zero attached hydrogens (tertiary/aromatic N) is 2. The van der Waals surface area contributed by atoms with Crippen molar-refractivity contribution < 1.29 is 14.3 Å². The lowest BCUT2D eigenvalue weighted by molar-refractivity contribution is -0.117. The van der Waals surface area contributed by atoms with Crippen LogP contribution in [0.4, 0.5) is 5.69 Å². The lowest BCUT2D eigenvalue weighted by Crippen LogP contribution is -2.24. The van der Waals surface area contributed by atoms with Crippen LogP contribution in [0.25, 0.3) is 0 Å². The van der Waals surface area contributed by atoms with Crippen LogP contribution >= 0.6 is 11.6 Å². The van der Waals surface area contributed by atoms with Crippen molar-refractivity contribution in [2.45, 2.75) is 12.8 Å². The van der Waals surface area contributed by atoms with Gasteiger partial charge in [-0.05, 0) is 36.8 Å². The van der Waals surface area contributed by atoms with Crippen LogP contribution in [0, 0.1) is 11.3 Å². The Kier molecular flexibility index (Phi) is 5.01. The zero-order chi connectivity index (χ0) is 17.8. The van der Waals surface area contributed by atoms with Crippen molar-refractivity contribution in [2.24, 2.45) is 0 Å². The highest BCUT2D eigenvalue weighted by Crippen LogP contribution is 2.26. The number of benzene rings is 2. The molecule has 1 aliphatic heterocycles. The van der Waals surface area contributed by atoms with Gasteiger partial charge in [-0.1, -0.05) is 23.7 Å². The average Bonchev–Trinajstić information content (AvgIpc) is 3.06. The Morgan fingerprint density at radius 1 is 1.28 bits per heavy atom. The normalized spacial score (nSPS) is 13.6. The van der Waals surface area contributed by atoms with E-state index in [1.165, 1.54) is 6.07 Å². The van der Waals surface area contributed by atoms with E-state index in [4.69, 9.17) is 21.6 Å². The Morgan fingerprint density at radius 2 is 2.12 bits per heavy atom. The molecule has 5 nitrogen and oxygen atoms in total. The van der Waals surface area contributed by atoms with Crippen LogP contribution in [0.15, 0.2) is 42.5 Å². The molecule has 0 radical (unpaired) electrons. The first-order chi connectivity index (χ1) is 12.1. The van der Waals surface area contributed by atoms with Crippen molar-refractivity contribution in [1.29, 1.82) is 5.26 Å². The van der Waals surface area contributed by atoms with Gasteiger partial charge >= 0.3 is 0 Å². The molecule has 0 spiro atoms. The first-order valence-electron chi connectivity index (χ1n) is 7.84. The molecule has 2 aromatic rings. The van der Waals surface area contributed by atoms with E-state index in [0.717, 1.165) is 12.1 Å². The van der Waals surface area contributed by atoms with E-state index < -0.39 is 0 Å². The minimum absolute atomic E-state index is 0.0743. The third-order valence-electron chi connectivity index (χ3n) is 3.97. The Balaban J connectivity index is 1.69. The predicted molar refractivity (Wildman–Crippen MR) is 94.0 cm³/mol. The molecule has 0 N–H and O–H groups in total. The highest BCUT2D eigenvalue weighted by atomic mass is 35.5. The van der Waals surface area contributed by atoms with E-state index >= 15 is 0 Å². The highest BCUT2D eigenvalue weighted by Gasteiger charge is 2.22. The molecule has 0 aliphatic carbocycles. The number of hydrogen-bond acceptors (Lipinski definition) is 4. The molecule has 0 atom stereocenters. The van der Waals surface area contributed by atoms with Crippen molar-refractivity contribution in [1.82, 2.24) is 0 Å². The van der Waals surface area contributed by atoms with Gasteiger partial charge in [-0.15, -0.1) is 0 Å². The van der Waals surface area contributed by atoms with Gasteiger partial charge in [0.15, 0.2) is 12.4 Å². The molecule has 1 heterocycles. The second-order valence-corrected chi connectivity index (χ2v) is 6.08. The quantitative estimate of drug-likeness (QED) is 0.769. The fraction of sp³-hybridized carbons (Fsp3) is 0.211. The van der Waals surface area contributed by atoms with Gasteiger partial charge < -0.3 is 9.64 Å². The minimum atomic E-state index is -0.214. The molecule has 2 aromatic carbocycles. The minimum Gasteiger partial charge on any atom is -0.484 e. The average molecular weight is 355 g/mol. The highest BCUT2D eigenvalue weighted by molar-refractivity contribution is 6.32. The molecule has 0 bridgehead atoms. The molecule has 25 heavy (non-hydrogen) atoms. The summed E-state index contributed by atoms with van der Waals surface area (Å²) in [5.74, 6) is 0.207. The Hall–Kier alpha value is -2.84. The van der Waals surface area contributed by atoms with Crippen molar-refractivity contribution in [2.75, 3.05) is 18.1 Å². The summed E-state index contributed by atoms with van der Waals surface area (Å²) < 4.78 is 5.47. The molecule has 1 amide bonds. The van der Waals surface area contributed by atoms with E-state index in [1.807, 2.05) is 12.1 Å².